The third kappa shape index (κ3) is 6.06. The lowest BCUT2D eigenvalue weighted by Crippen LogP contribution is -2.36. The predicted octanol–water partition coefficient (Wildman–Crippen LogP) is 6.14. The number of pyridine rings is 1. The summed E-state index contributed by atoms with van der Waals surface area (Å²) in [6, 6.07) is 21.3. The molecule has 4 nitrogen and oxygen atoms in total. The average Bonchev–Trinajstić information content (AvgIpc) is 2.73. The highest BCUT2D eigenvalue weighted by atomic mass is 35.5. The fourth-order valence-corrected chi connectivity index (χ4v) is 3.23. The van der Waals surface area contributed by atoms with Crippen molar-refractivity contribution in [3.8, 4) is 0 Å². The highest BCUT2D eigenvalue weighted by molar-refractivity contribution is 6.31. The second kappa shape index (κ2) is 10.1. The molecular formula is C24H26ClN3O. The number of nitrogens with one attached hydrogen (secondary N) is 1. The number of carbonyl (C=O) groups is 1. The Morgan fingerprint density at radius 1 is 1.03 bits per heavy atom. The molecule has 0 spiro atoms. The van der Waals surface area contributed by atoms with Crippen LogP contribution in [0.4, 0.5) is 10.5 Å². The van der Waals surface area contributed by atoms with E-state index in [9.17, 15) is 4.79 Å². The molecule has 3 rings (SSSR count). The van der Waals surface area contributed by atoms with Crippen molar-refractivity contribution in [1.82, 2.24) is 9.88 Å². The summed E-state index contributed by atoms with van der Waals surface area (Å²) in [5.41, 5.74) is 3.89. The molecule has 0 radical (unpaired) electrons. The predicted molar refractivity (Wildman–Crippen MR) is 119 cm³/mol. The van der Waals surface area contributed by atoms with Crippen LogP contribution in [-0.4, -0.2) is 22.5 Å². The fourth-order valence-electron chi connectivity index (χ4n) is 3.03. The van der Waals surface area contributed by atoms with Crippen LogP contribution in [0.25, 0.3) is 0 Å². The smallest absolute Gasteiger partial charge is 0.320 e. The third-order valence-electron chi connectivity index (χ3n) is 4.80. The summed E-state index contributed by atoms with van der Waals surface area (Å²) >= 11 is 6.33. The lowest BCUT2D eigenvalue weighted by molar-refractivity contribution is 0.209. The maximum Gasteiger partial charge on any atom is 0.322 e. The number of rotatable bonds is 7. The number of anilines is 1. The zero-order valence-corrected chi connectivity index (χ0v) is 17.6. The Labute approximate surface area is 177 Å². The van der Waals surface area contributed by atoms with Gasteiger partial charge in [-0.3, -0.25) is 4.98 Å². The van der Waals surface area contributed by atoms with E-state index in [-0.39, 0.29) is 6.03 Å². The Bertz CT molecular complexity index is 926. The van der Waals surface area contributed by atoms with Crippen molar-refractivity contribution in [2.45, 2.75) is 32.7 Å². The molecular weight excluding hydrogens is 382 g/mol. The van der Waals surface area contributed by atoms with E-state index < -0.39 is 0 Å². The first-order chi connectivity index (χ1) is 14.0. The largest absolute Gasteiger partial charge is 0.322 e. The quantitative estimate of drug-likeness (QED) is 0.511. The van der Waals surface area contributed by atoms with Crippen molar-refractivity contribution < 1.29 is 4.79 Å². The SMILES string of the molecule is CC(C)c1ccc(NC(=O)N(CCc2ccccn2)Cc2ccccc2Cl)cc1. The summed E-state index contributed by atoms with van der Waals surface area (Å²) in [5, 5.41) is 3.66. The molecule has 1 heterocycles. The minimum atomic E-state index is -0.154. The Balaban J connectivity index is 1.73. The first-order valence-electron chi connectivity index (χ1n) is 9.82. The number of hydrogen-bond acceptors (Lipinski definition) is 2. The van der Waals surface area contributed by atoms with Crippen LogP contribution >= 0.6 is 11.6 Å². The van der Waals surface area contributed by atoms with Crippen molar-refractivity contribution in [3.05, 3.63) is 94.8 Å². The molecule has 2 amide bonds. The van der Waals surface area contributed by atoms with Crippen LogP contribution in [0.15, 0.2) is 72.9 Å². The van der Waals surface area contributed by atoms with Crippen molar-refractivity contribution in [2.75, 3.05) is 11.9 Å². The molecule has 1 aromatic heterocycles. The van der Waals surface area contributed by atoms with Crippen LogP contribution in [0.2, 0.25) is 5.02 Å². The van der Waals surface area contributed by atoms with Gasteiger partial charge in [-0.1, -0.05) is 61.8 Å². The van der Waals surface area contributed by atoms with Gasteiger partial charge in [0.1, 0.15) is 0 Å². The zero-order valence-electron chi connectivity index (χ0n) is 16.8. The summed E-state index contributed by atoms with van der Waals surface area (Å²) in [5.74, 6) is 0.454. The molecule has 1 N–H and O–H groups in total. The topological polar surface area (TPSA) is 45.2 Å². The van der Waals surface area contributed by atoms with Crippen LogP contribution in [0.3, 0.4) is 0 Å². The lowest BCUT2D eigenvalue weighted by Gasteiger charge is -2.24. The first kappa shape index (κ1) is 20.9. The third-order valence-corrected chi connectivity index (χ3v) is 5.17. The van der Waals surface area contributed by atoms with E-state index >= 15 is 0 Å². The number of amides is 2. The Morgan fingerprint density at radius 3 is 2.41 bits per heavy atom. The lowest BCUT2D eigenvalue weighted by atomic mass is 10.0. The molecule has 0 aliphatic carbocycles. The van der Waals surface area contributed by atoms with E-state index in [1.54, 1.807) is 11.1 Å². The summed E-state index contributed by atoms with van der Waals surface area (Å²) in [7, 11) is 0. The van der Waals surface area contributed by atoms with E-state index in [1.807, 2.05) is 66.7 Å². The van der Waals surface area contributed by atoms with Crippen LogP contribution in [-0.2, 0) is 13.0 Å². The molecule has 0 fully saturated rings. The molecule has 2 aromatic carbocycles. The van der Waals surface area contributed by atoms with Gasteiger partial charge in [0.2, 0.25) is 0 Å². The summed E-state index contributed by atoms with van der Waals surface area (Å²) < 4.78 is 0. The fraction of sp³-hybridized carbons (Fsp3) is 0.250. The van der Waals surface area contributed by atoms with E-state index in [0.29, 0.717) is 30.5 Å². The molecule has 0 aliphatic rings. The molecule has 0 bridgehead atoms. The molecule has 150 valence electrons. The molecule has 0 saturated heterocycles. The Kier molecular flexibility index (Phi) is 7.25. The van der Waals surface area contributed by atoms with Gasteiger partial charge < -0.3 is 10.2 Å². The van der Waals surface area contributed by atoms with Crippen LogP contribution in [0.5, 0.6) is 0 Å². The van der Waals surface area contributed by atoms with Gasteiger partial charge in [-0.2, -0.15) is 0 Å². The molecule has 0 unspecified atom stereocenters. The van der Waals surface area contributed by atoms with Crippen molar-refractivity contribution in [1.29, 1.82) is 0 Å². The van der Waals surface area contributed by atoms with Gasteiger partial charge in [0.25, 0.3) is 0 Å². The highest BCUT2D eigenvalue weighted by Gasteiger charge is 2.16. The second-order valence-electron chi connectivity index (χ2n) is 7.29. The van der Waals surface area contributed by atoms with Gasteiger partial charge in [-0.15, -0.1) is 0 Å². The van der Waals surface area contributed by atoms with Crippen molar-refractivity contribution in [2.24, 2.45) is 0 Å². The number of benzene rings is 2. The van der Waals surface area contributed by atoms with E-state index in [2.05, 4.69) is 24.1 Å². The molecule has 0 saturated carbocycles. The zero-order chi connectivity index (χ0) is 20.6. The molecule has 3 aromatic rings. The van der Waals surface area contributed by atoms with Gasteiger partial charge in [-0.05, 0) is 47.4 Å². The maximum absolute atomic E-state index is 13.0. The van der Waals surface area contributed by atoms with Gasteiger partial charge in [0.15, 0.2) is 0 Å². The number of hydrogen-bond donors (Lipinski definition) is 1. The highest BCUT2D eigenvalue weighted by Crippen LogP contribution is 2.20. The van der Waals surface area contributed by atoms with E-state index in [4.69, 9.17) is 11.6 Å². The number of aromatic nitrogens is 1. The van der Waals surface area contributed by atoms with Gasteiger partial charge in [0, 0.05) is 42.1 Å². The van der Waals surface area contributed by atoms with Crippen molar-refractivity contribution in [3.63, 3.8) is 0 Å². The van der Waals surface area contributed by atoms with E-state index in [1.165, 1.54) is 5.56 Å². The van der Waals surface area contributed by atoms with Gasteiger partial charge >= 0.3 is 6.03 Å². The molecule has 0 aliphatic heterocycles. The van der Waals surface area contributed by atoms with Crippen LogP contribution in [0.1, 0.15) is 36.6 Å². The van der Waals surface area contributed by atoms with E-state index in [0.717, 1.165) is 16.9 Å². The molecule has 0 atom stereocenters. The standard InChI is InChI=1S/C24H26ClN3O/c1-18(2)19-10-12-22(13-11-19)27-24(29)28(16-14-21-8-5-6-15-26-21)17-20-7-3-4-9-23(20)25/h3-13,15,18H,14,16-17H2,1-2H3,(H,27,29). The van der Waals surface area contributed by atoms with Gasteiger partial charge in [-0.25, -0.2) is 4.79 Å². The van der Waals surface area contributed by atoms with Crippen LogP contribution < -0.4 is 5.32 Å². The molecule has 29 heavy (non-hydrogen) atoms. The average molecular weight is 408 g/mol. The molecule has 5 heteroatoms. The number of urea groups is 1. The number of nitrogens with zero attached hydrogens (tertiary/aromatic N) is 2. The summed E-state index contributed by atoms with van der Waals surface area (Å²) in [6.07, 6.45) is 2.44. The van der Waals surface area contributed by atoms with Crippen LogP contribution in [0, 0.1) is 0 Å². The second-order valence-corrected chi connectivity index (χ2v) is 7.70. The normalized spacial score (nSPS) is 10.8. The monoisotopic (exact) mass is 407 g/mol. The maximum atomic E-state index is 13.0. The Hall–Kier alpha value is -2.85. The van der Waals surface area contributed by atoms with Crippen molar-refractivity contribution >= 4 is 23.3 Å². The minimum absolute atomic E-state index is 0.154. The Morgan fingerprint density at radius 2 is 1.76 bits per heavy atom. The summed E-state index contributed by atoms with van der Waals surface area (Å²) in [4.78, 5) is 19.2. The van der Waals surface area contributed by atoms with Gasteiger partial charge in [0.05, 0.1) is 0 Å². The number of halogens is 1. The number of carbonyl (C=O) groups excluding carboxylic acids is 1. The minimum Gasteiger partial charge on any atom is -0.320 e. The summed E-state index contributed by atoms with van der Waals surface area (Å²) in [6.45, 7) is 5.27. The first-order valence-corrected chi connectivity index (χ1v) is 10.2.